The van der Waals surface area contributed by atoms with Crippen molar-refractivity contribution in [1.82, 2.24) is 4.90 Å². The lowest BCUT2D eigenvalue weighted by Crippen LogP contribution is -2.45. The van der Waals surface area contributed by atoms with Gasteiger partial charge in [-0.05, 0) is 35.4 Å². The maximum atomic E-state index is 11.3. The zero-order valence-electron chi connectivity index (χ0n) is 16.8. The van der Waals surface area contributed by atoms with E-state index in [2.05, 4.69) is 51.5 Å². The SMILES string of the molecule is CC(=O)Nc1cccc(N2CCN(Cc3cc(Cc4ccccc4)co3)CC2)c1. The van der Waals surface area contributed by atoms with Crippen molar-refractivity contribution in [2.24, 2.45) is 0 Å². The summed E-state index contributed by atoms with van der Waals surface area (Å²) in [5.41, 5.74) is 4.52. The van der Waals surface area contributed by atoms with E-state index in [1.54, 1.807) is 0 Å². The van der Waals surface area contributed by atoms with Crippen LogP contribution in [0.25, 0.3) is 0 Å². The number of benzene rings is 2. The van der Waals surface area contributed by atoms with Gasteiger partial charge in [0.05, 0.1) is 12.8 Å². The molecule has 0 unspecified atom stereocenters. The van der Waals surface area contributed by atoms with Gasteiger partial charge in [-0.1, -0.05) is 36.4 Å². The van der Waals surface area contributed by atoms with Crippen molar-refractivity contribution in [2.45, 2.75) is 19.9 Å². The molecule has 1 fully saturated rings. The van der Waals surface area contributed by atoms with E-state index in [1.165, 1.54) is 18.1 Å². The van der Waals surface area contributed by atoms with Gasteiger partial charge < -0.3 is 14.6 Å². The molecule has 1 amide bonds. The molecule has 29 heavy (non-hydrogen) atoms. The van der Waals surface area contributed by atoms with Gasteiger partial charge in [0.15, 0.2) is 0 Å². The minimum Gasteiger partial charge on any atom is -0.468 e. The van der Waals surface area contributed by atoms with Crippen LogP contribution in [-0.2, 0) is 17.8 Å². The van der Waals surface area contributed by atoms with Crippen LogP contribution >= 0.6 is 0 Å². The zero-order chi connectivity index (χ0) is 20.1. The minimum absolute atomic E-state index is 0.0444. The van der Waals surface area contributed by atoms with E-state index in [-0.39, 0.29) is 5.91 Å². The first-order valence-electron chi connectivity index (χ1n) is 10.1. The summed E-state index contributed by atoms with van der Waals surface area (Å²) in [5, 5.41) is 2.86. The molecule has 1 aliphatic heterocycles. The van der Waals surface area contributed by atoms with Crippen LogP contribution in [0.5, 0.6) is 0 Å². The maximum absolute atomic E-state index is 11.3. The lowest BCUT2D eigenvalue weighted by atomic mass is 10.1. The van der Waals surface area contributed by atoms with Crippen LogP contribution in [0, 0.1) is 0 Å². The van der Waals surface area contributed by atoms with Crippen molar-refractivity contribution in [2.75, 3.05) is 36.4 Å². The molecule has 5 heteroatoms. The Morgan fingerprint density at radius 2 is 1.76 bits per heavy atom. The van der Waals surface area contributed by atoms with Crippen molar-refractivity contribution in [1.29, 1.82) is 0 Å². The smallest absolute Gasteiger partial charge is 0.221 e. The molecule has 5 nitrogen and oxygen atoms in total. The summed E-state index contributed by atoms with van der Waals surface area (Å²) in [7, 11) is 0. The Labute approximate surface area is 171 Å². The van der Waals surface area contributed by atoms with E-state index in [0.29, 0.717) is 0 Å². The molecule has 2 aromatic carbocycles. The summed E-state index contributed by atoms with van der Waals surface area (Å²) in [6.45, 7) is 6.26. The molecule has 1 aromatic heterocycles. The molecule has 1 N–H and O–H groups in total. The Kier molecular flexibility index (Phi) is 5.96. The summed E-state index contributed by atoms with van der Waals surface area (Å²) in [5.74, 6) is 0.981. The highest BCUT2D eigenvalue weighted by atomic mass is 16.3. The van der Waals surface area contributed by atoms with E-state index >= 15 is 0 Å². The monoisotopic (exact) mass is 389 g/mol. The van der Waals surface area contributed by atoms with E-state index in [4.69, 9.17) is 4.42 Å². The molecule has 0 radical (unpaired) electrons. The number of amides is 1. The van der Waals surface area contributed by atoms with E-state index in [0.717, 1.165) is 56.3 Å². The highest BCUT2D eigenvalue weighted by Gasteiger charge is 2.19. The van der Waals surface area contributed by atoms with Crippen LogP contribution < -0.4 is 10.2 Å². The van der Waals surface area contributed by atoms with Crippen LogP contribution in [0.2, 0.25) is 0 Å². The van der Waals surface area contributed by atoms with Gasteiger partial charge >= 0.3 is 0 Å². The number of anilines is 2. The summed E-state index contributed by atoms with van der Waals surface area (Å²) >= 11 is 0. The molecule has 2 heterocycles. The van der Waals surface area contributed by atoms with Gasteiger partial charge in [0.1, 0.15) is 5.76 Å². The lowest BCUT2D eigenvalue weighted by molar-refractivity contribution is -0.114. The Balaban J connectivity index is 1.30. The molecular weight excluding hydrogens is 362 g/mol. The molecule has 4 rings (SSSR count). The van der Waals surface area contributed by atoms with Crippen LogP contribution in [-0.4, -0.2) is 37.0 Å². The Hall–Kier alpha value is -3.05. The Bertz CT molecular complexity index is 944. The van der Waals surface area contributed by atoms with Gasteiger partial charge in [-0.15, -0.1) is 0 Å². The van der Waals surface area contributed by atoms with Crippen molar-refractivity contribution in [3.05, 3.63) is 83.8 Å². The van der Waals surface area contributed by atoms with Crippen molar-refractivity contribution < 1.29 is 9.21 Å². The van der Waals surface area contributed by atoms with Gasteiger partial charge in [0, 0.05) is 50.9 Å². The number of carbonyl (C=O) groups excluding carboxylic acids is 1. The molecule has 0 spiro atoms. The number of nitrogens with one attached hydrogen (secondary N) is 1. The van der Waals surface area contributed by atoms with Crippen LogP contribution in [0.15, 0.2) is 71.3 Å². The third-order valence-corrected chi connectivity index (χ3v) is 5.24. The maximum Gasteiger partial charge on any atom is 0.221 e. The van der Waals surface area contributed by atoms with Crippen LogP contribution in [0.1, 0.15) is 23.8 Å². The van der Waals surface area contributed by atoms with Gasteiger partial charge in [-0.2, -0.15) is 0 Å². The second kappa shape index (κ2) is 8.97. The summed E-state index contributed by atoms with van der Waals surface area (Å²) in [6.07, 6.45) is 2.79. The lowest BCUT2D eigenvalue weighted by Gasteiger charge is -2.35. The molecule has 0 bridgehead atoms. The second-order valence-electron chi connectivity index (χ2n) is 7.58. The number of furan rings is 1. The number of hydrogen-bond donors (Lipinski definition) is 1. The first-order chi connectivity index (χ1) is 14.2. The molecule has 150 valence electrons. The van der Waals surface area contributed by atoms with E-state index < -0.39 is 0 Å². The summed E-state index contributed by atoms with van der Waals surface area (Å²) in [6, 6.07) is 20.7. The van der Waals surface area contributed by atoms with E-state index in [1.807, 2.05) is 30.5 Å². The number of rotatable bonds is 6. The Morgan fingerprint density at radius 3 is 2.52 bits per heavy atom. The third-order valence-electron chi connectivity index (χ3n) is 5.24. The quantitative estimate of drug-likeness (QED) is 0.688. The number of nitrogens with zero attached hydrogens (tertiary/aromatic N) is 2. The number of hydrogen-bond acceptors (Lipinski definition) is 4. The van der Waals surface area contributed by atoms with Crippen LogP contribution in [0.4, 0.5) is 11.4 Å². The molecule has 1 saturated heterocycles. The number of carbonyl (C=O) groups is 1. The normalized spacial score (nSPS) is 14.7. The predicted octanol–water partition coefficient (Wildman–Crippen LogP) is 4.15. The van der Waals surface area contributed by atoms with Crippen molar-refractivity contribution >= 4 is 17.3 Å². The molecule has 3 aromatic rings. The number of piperazine rings is 1. The van der Waals surface area contributed by atoms with Crippen LogP contribution in [0.3, 0.4) is 0 Å². The average molecular weight is 389 g/mol. The topological polar surface area (TPSA) is 48.7 Å². The minimum atomic E-state index is -0.0444. The zero-order valence-corrected chi connectivity index (χ0v) is 16.8. The molecular formula is C24H27N3O2. The van der Waals surface area contributed by atoms with Gasteiger partial charge in [0.2, 0.25) is 5.91 Å². The largest absolute Gasteiger partial charge is 0.468 e. The Morgan fingerprint density at radius 1 is 0.966 bits per heavy atom. The third kappa shape index (κ3) is 5.27. The first kappa shape index (κ1) is 19.3. The molecule has 1 aliphatic rings. The fourth-order valence-electron chi connectivity index (χ4n) is 3.80. The summed E-state index contributed by atoms with van der Waals surface area (Å²) in [4.78, 5) is 16.1. The summed E-state index contributed by atoms with van der Waals surface area (Å²) < 4.78 is 5.81. The van der Waals surface area contributed by atoms with E-state index in [9.17, 15) is 4.79 Å². The van der Waals surface area contributed by atoms with Gasteiger partial charge in [-0.25, -0.2) is 0 Å². The molecule has 0 atom stereocenters. The van der Waals surface area contributed by atoms with Gasteiger partial charge in [0.25, 0.3) is 0 Å². The molecule has 0 aliphatic carbocycles. The standard InChI is InChI=1S/C24H27N3O2/c1-19(28)25-22-8-5-9-23(16-22)27-12-10-26(11-13-27)17-24-15-21(18-29-24)14-20-6-3-2-4-7-20/h2-9,15-16,18H,10-14,17H2,1H3,(H,25,28). The highest BCUT2D eigenvalue weighted by molar-refractivity contribution is 5.89. The van der Waals surface area contributed by atoms with Crippen molar-refractivity contribution in [3.8, 4) is 0 Å². The fourth-order valence-corrected chi connectivity index (χ4v) is 3.80. The average Bonchev–Trinajstić information content (AvgIpc) is 3.16. The molecule has 0 saturated carbocycles. The fraction of sp³-hybridized carbons (Fsp3) is 0.292. The van der Waals surface area contributed by atoms with Crippen molar-refractivity contribution in [3.63, 3.8) is 0 Å². The second-order valence-corrected chi connectivity index (χ2v) is 7.58. The van der Waals surface area contributed by atoms with Gasteiger partial charge in [-0.3, -0.25) is 9.69 Å². The highest BCUT2D eigenvalue weighted by Crippen LogP contribution is 2.22. The predicted molar refractivity (Wildman–Crippen MR) is 116 cm³/mol. The first-order valence-corrected chi connectivity index (χ1v) is 10.1.